The van der Waals surface area contributed by atoms with E-state index in [4.69, 9.17) is 9.88 Å². The minimum Gasteiger partial charge on any atom is -0.377 e. The number of nitrogens with zero attached hydrogens (tertiary/aromatic N) is 1. The van der Waals surface area contributed by atoms with E-state index >= 15 is 0 Å². The van der Waals surface area contributed by atoms with Crippen LogP contribution in [0.5, 0.6) is 0 Å². The number of likely N-dealkylation sites (N-methyl/N-ethyl adjacent to an activating group) is 1. The summed E-state index contributed by atoms with van der Waals surface area (Å²) in [5.41, 5.74) is 0. The molecule has 120 valence electrons. The number of sulfonamides is 2. The number of primary sulfonamides is 1. The highest BCUT2D eigenvalue weighted by molar-refractivity contribution is 7.92. The molecule has 0 aromatic heterocycles. The van der Waals surface area contributed by atoms with Crippen LogP contribution in [0.15, 0.2) is 34.1 Å². The van der Waals surface area contributed by atoms with Gasteiger partial charge < -0.3 is 4.74 Å². The van der Waals surface area contributed by atoms with E-state index < -0.39 is 24.9 Å². The number of ether oxygens (including phenoxy) is 1. The lowest BCUT2D eigenvalue weighted by Crippen LogP contribution is -2.32. The summed E-state index contributed by atoms with van der Waals surface area (Å²) in [5.74, 6) is 0. The minimum atomic E-state index is -4.12. The summed E-state index contributed by atoms with van der Waals surface area (Å²) in [6, 6.07) is 5.25. The van der Waals surface area contributed by atoms with Gasteiger partial charge >= 0.3 is 0 Å². The highest BCUT2D eigenvalue weighted by atomic mass is 32.2. The molecule has 9 heteroatoms. The van der Waals surface area contributed by atoms with Crippen molar-refractivity contribution in [2.45, 2.75) is 29.7 Å². The summed E-state index contributed by atoms with van der Waals surface area (Å²) in [6.07, 6.45) is -0.0159. The van der Waals surface area contributed by atoms with Crippen LogP contribution in [0.2, 0.25) is 0 Å². The molecule has 2 N–H and O–H groups in total. The number of hydrogen-bond donors (Lipinski definition) is 1. The number of benzene rings is 1. The highest BCUT2D eigenvalue weighted by Gasteiger charge is 2.27. The Hall–Kier alpha value is -1.00. The Balaban J connectivity index is 3.09. The van der Waals surface area contributed by atoms with Crippen molar-refractivity contribution >= 4 is 20.0 Å². The lowest BCUT2D eigenvalue weighted by atomic mass is 10.4. The molecule has 1 aromatic carbocycles. The van der Waals surface area contributed by atoms with E-state index in [9.17, 15) is 16.8 Å². The number of hydrogen-bond acceptors (Lipinski definition) is 5. The van der Waals surface area contributed by atoms with Crippen molar-refractivity contribution in [2.75, 3.05) is 20.2 Å². The van der Waals surface area contributed by atoms with Crippen LogP contribution in [0.4, 0.5) is 0 Å². The van der Waals surface area contributed by atoms with Gasteiger partial charge in [-0.25, -0.2) is 22.0 Å². The fourth-order valence-corrected chi connectivity index (χ4v) is 4.11. The molecule has 21 heavy (non-hydrogen) atoms. The molecule has 0 amide bonds. The van der Waals surface area contributed by atoms with Crippen LogP contribution in [0, 0.1) is 0 Å². The Morgan fingerprint density at radius 1 is 1.14 bits per heavy atom. The van der Waals surface area contributed by atoms with Crippen LogP contribution in [-0.2, 0) is 24.8 Å². The molecule has 0 bridgehead atoms. The minimum absolute atomic E-state index is 0.0159. The molecule has 0 unspecified atom stereocenters. The predicted molar refractivity (Wildman–Crippen MR) is 78.7 cm³/mol. The Morgan fingerprint density at radius 3 is 2.14 bits per heavy atom. The monoisotopic (exact) mass is 336 g/mol. The maximum Gasteiger partial charge on any atom is 0.244 e. The molecule has 0 saturated heterocycles. The zero-order chi connectivity index (χ0) is 16.3. The quantitative estimate of drug-likeness (QED) is 0.774. The van der Waals surface area contributed by atoms with Crippen molar-refractivity contribution in [1.29, 1.82) is 0 Å². The molecule has 0 radical (unpaired) electrons. The first-order valence-corrected chi connectivity index (χ1v) is 9.25. The van der Waals surface area contributed by atoms with Crippen LogP contribution < -0.4 is 5.14 Å². The zero-order valence-corrected chi connectivity index (χ0v) is 13.8. The molecule has 0 saturated carbocycles. The maximum atomic E-state index is 12.4. The fraction of sp³-hybridized carbons (Fsp3) is 0.500. The van der Waals surface area contributed by atoms with Gasteiger partial charge in [-0.2, -0.15) is 4.31 Å². The molecule has 0 fully saturated rings. The van der Waals surface area contributed by atoms with Gasteiger partial charge in [-0.05, 0) is 26.0 Å². The SMILES string of the molecule is CC(C)OCCN(C)S(=O)(=O)c1ccccc1S(N)(=O)=O. The summed E-state index contributed by atoms with van der Waals surface area (Å²) >= 11 is 0. The van der Waals surface area contributed by atoms with Gasteiger partial charge in [0.05, 0.1) is 12.7 Å². The zero-order valence-electron chi connectivity index (χ0n) is 12.2. The van der Waals surface area contributed by atoms with E-state index in [2.05, 4.69) is 0 Å². The second-order valence-corrected chi connectivity index (χ2v) is 8.28. The summed E-state index contributed by atoms with van der Waals surface area (Å²) < 4.78 is 54.2. The second kappa shape index (κ2) is 6.84. The molecular weight excluding hydrogens is 316 g/mol. The topological polar surface area (TPSA) is 107 Å². The summed E-state index contributed by atoms with van der Waals surface area (Å²) in [5, 5.41) is 5.06. The Morgan fingerprint density at radius 2 is 1.67 bits per heavy atom. The van der Waals surface area contributed by atoms with Gasteiger partial charge in [-0.15, -0.1) is 0 Å². The number of rotatable bonds is 7. The van der Waals surface area contributed by atoms with E-state index in [0.29, 0.717) is 0 Å². The standard InChI is InChI=1S/C12H20N2O5S2/c1-10(2)19-9-8-14(3)21(17,18)12-7-5-4-6-11(12)20(13,15)16/h4-7,10H,8-9H2,1-3H3,(H2,13,15,16). The van der Waals surface area contributed by atoms with Crippen molar-refractivity contribution in [2.24, 2.45) is 5.14 Å². The van der Waals surface area contributed by atoms with Gasteiger partial charge in [0.2, 0.25) is 20.0 Å². The first-order chi connectivity index (χ1) is 9.56. The van der Waals surface area contributed by atoms with Gasteiger partial charge in [0, 0.05) is 13.6 Å². The lowest BCUT2D eigenvalue weighted by Gasteiger charge is -2.19. The highest BCUT2D eigenvalue weighted by Crippen LogP contribution is 2.22. The number of nitrogens with two attached hydrogens (primary N) is 1. The predicted octanol–water partition coefficient (Wildman–Crippen LogP) is 0.380. The molecule has 0 aliphatic carbocycles. The van der Waals surface area contributed by atoms with E-state index in [1.807, 2.05) is 13.8 Å². The van der Waals surface area contributed by atoms with Crippen LogP contribution in [0.1, 0.15) is 13.8 Å². The normalized spacial score (nSPS) is 13.0. The average molecular weight is 336 g/mol. The third-order valence-electron chi connectivity index (χ3n) is 2.70. The smallest absolute Gasteiger partial charge is 0.244 e. The molecular formula is C12H20N2O5S2. The Kier molecular flexibility index (Phi) is 5.88. The van der Waals surface area contributed by atoms with E-state index in [1.165, 1.54) is 31.3 Å². The third-order valence-corrected chi connectivity index (χ3v) is 5.71. The van der Waals surface area contributed by atoms with Crippen LogP contribution >= 0.6 is 0 Å². The maximum absolute atomic E-state index is 12.4. The van der Waals surface area contributed by atoms with Crippen molar-refractivity contribution in [3.8, 4) is 0 Å². The molecule has 0 spiro atoms. The average Bonchev–Trinajstić information content (AvgIpc) is 2.37. The largest absolute Gasteiger partial charge is 0.377 e. The molecule has 0 atom stereocenters. The van der Waals surface area contributed by atoms with Crippen LogP contribution in [0.3, 0.4) is 0 Å². The molecule has 7 nitrogen and oxygen atoms in total. The molecule has 1 aromatic rings. The first-order valence-electron chi connectivity index (χ1n) is 6.26. The van der Waals surface area contributed by atoms with Crippen LogP contribution in [-0.4, -0.2) is 47.4 Å². The van der Waals surface area contributed by atoms with Gasteiger partial charge in [0.1, 0.15) is 9.79 Å². The Labute approximate surface area is 125 Å². The van der Waals surface area contributed by atoms with E-state index in [0.717, 1.165) is 4.31 Å². The summed E-state index contributed by atoms with van der Waals surface area (Å²) in [6.45, 7) is 4.00. The molecule has 1 rings (SSSR count). The fourth-order valence-electron chi connectivity index (χ4n) is 1.60. The van der Waals surface area contributed by atoms with E-state index in [1.54, 1.807) is 0 Å². The molecule has 0 aliphatic rings. The van der Waals surface area contributed by atoms with Crippen LogP contribution in [0.25, 0.3) is 0 Å². The lowest BCUT2D eigenvalue weighted by molar-refractivity contribution is 0.0737. The van der Waals surface area contributed by atoms with Crippen molar-refractivity contribution in [3.05, 3.63) is 24.3 Å². The van der Waals surface area contributed by atoms with Gasteiger partial charge in [-0.3, -0.25) is 0 Å². The molecule has 0 heterocycles. The van der Waals surface area contributed by atoms with Gasteiger partial charge in [-0.1, -0.05) is 12.1 Å². The summed E-state index contributed by atoms with van der Waals surface area (Å²) in [7, 11) is -6.72. The first kappa shape index (κ1) is 18.1. The molecule has 0 aliphatic heterocycles. The van der Waals surface area contributed by atoms with Gasteiger partial charge in [0.15, 0.2) is 0 Å². The van der Waals surface area contributed by atoms with Gasteiger partial charge in [0.25, 0.3) is 0 Å². The van der Waals surface area contributed by atoms with Crippen molar-refractivity contribution in [3.63, 3.8) is 0 Å². The Bertz CT molecular complexity index is 683. The third kappa shape index (κ3) is 4.75. The van der Waals surface area contributed by atoms with Crippen molar-refractivity contribution < 1.29 is 21.6 Å². The second-order valence-electron chi connectivity index (χ2n) is 4.74. The summed E-state index contributed by atoms with van der Waals surface area (Å²) in [4.78, 5) is -0.749. The van der Waals surface area contributed by atoms with Crippen molar-refractivity contribution in [1.82, 2.24) is 4.31 Å². The van der Waals surface area contributed by atoms with E-state index in [-0.39, 0.29) is 24.2 Å².